The number of esters is 1. The van der Waals surface area contributed by atoms with Crippen LogP contribution >= 0.6 is 23.2 Å². The fraction of sp³-hybridized carbons (Fsp3) is 0.318. The quantitative estimate of drug-likeness (QED) is 0.602. The second kappa shape index (κ2) is 8.66. The maximum absolute atomic E-state index is 13.4. The molecule has 1 heterocycles. The molecule has 0 fully saturated rings. The van der Waals surface area contributed by atoms with Gasteiger partial charge in [0.05, 0.1) is 19.4 Å². The number of amides is 2. The van der Waals surface area contributed by atoms with E-state index in [0.29, 0.717) is 27.0 Å². The van der Waals surface area contributed by atoms with Crippen LogP contribution in [0.15, 0.2) is 53.6 Å². The molecule has 2 aromatic carbocycles. The van der Waals surface area contributed by atoms with Gasteiger partial charge in [0.2, 0.25) is 0 Å². The number of methoxy groups -OCH3 is 1. The van der Waals surface area contributed by atoms with E-state index in [1.54, 1.807) is 60.4 Å². The Balaban J connectivity index is 2.01. The first-order valence-electron chi connectivity index (χ1n) is 9.47. The van der Waals surface area contributed by atoms with Crippen LogP contribution in [0.5, 0.6) is 0 Å². The Morgan fingerprint density at radius 3 is 2.10 bits per heavy atom. The van der Waals surface area contributed by atoms with E-state index in [4.69, 9.17) is 27.9 Å². The molecule has 2 amide bonds. The van der Waals surface area contributed by atoms with Gasteiger partial charge in [-0.15, -0.1) is 0 Å². The summed E-state index contributed by atoms with van der Waals surface area (Å²) >= 11 is 12.0. The minimum absolute atomic E-state index is 0.0628. The Labute approximate surface area is 186 Å². The number of nitrogens with zero attached hydrogens (tertiary/aromatic N) is 3. The molecule has 0 N–H and O–H groups in total. The maximum Gasteiger partial charge on any atom is 0.345 e. The highest BCUT2D eigenvalue weighted by Gasteiger charge is 2.49. The van der Waals surface area contributed by atoms with Crippen LogP contribution in [0.4, 0.5) is 10.5 Å². The zero-order chi connectivity index (χ0) is 22.1. The molecule has 0 bridgehead atoms. The lowest BCUT2D eigenvalue weighted by Crippen LogP contribution is -2.47. The number of anilines is 1. The summed E-state index contributed by atoms with van der Waals surface area (Å²) in [5.74, 6) is -0.464. The number of halogens is 2. The molecule has 3 rings (SSSR count). The first-order chi connectivity index (χ1) is 14.2. The molecule has 0 radical (unpaired) electrons. The van der Waals surface area contributed by atoms with E-state index in [1.807, 2.05) is 13.8 Å². The largest absolute Gasteiger partial charge is 0.468 e. The lowest BCUT2D eigenvalue weighted by atomic mass is 9.82. The molecule has 1 unspecified atom stereocenters. The molecule has 0 aliphatic carbocycles. The average molecular weight is 448 g/mol. The number of rotatable bonds is 4. The van der Waals surface area contributed by atoms with Crippen LogP contribution in [-0.4, -0.2) is 42.4 Å². The highest BCUT2D eigenvalue weighted by atomic mass is 35.5. The van der Waals surface area contributed by atoms with Crippen LogP contribution in [-0.2, 0) is 9.53 Å². The van der Waals surface area contributed by atoms with Crippen molar-refractivity contribution in [3.05, 3.63) is 64.1 Å². The molecular formula is C22H23Cl2N3O3. The van der Waals surface area contributed by atoms with Crippen LogP contribution in [0, 0.1) is 5.41 Å². The number of benzene rings is 2. The molecule has 1 aliphatic heterocycles. The smallest absolute Gasteiger partial charge is 0.345 e. The molecule has 0 saturated carbocycles. The molecule has 6 nitrogen and oxygen atoms in total. The molecule has 1 atom stereocenters. The van der Waals surface area contributed by atoms with Gasteiger partial charge in [-0.25, -0.2) is 9.80 Å². The predicted octanol–water partition coefficient (Wildman–Crippen LogP) is 5.23. The minimum Gasteiger partial charge on any atom is -0.468 e. The third-order valence-electron chi connectivity index (χ3n) is 5.01. The van der Waals surface area contributed by atoms with Crippen molar-refractivity contribution < 1.29 is 14.3 Å². The van der Waals surface area contributed by atoms with Gasteiger partial charge in [-0.05, 0) is 62.7 Å². The van der Waals surface area contributed by atoms with Gasteiger partial charge in [-0.1, -0.05) is 35.3 Å². The lowest BCUT2D eigenvalue weighted by Gasteiger charge is -2.30. The highest BCUT2D eigenvalue weighted by Crippen LogP contribution is 2.34. The molecule has 0 saturated heterocycles. The van der Waals surface area contributed by atoms with E-state index in [9.17, 15) is 9.59 Å². The van der Waals surface area contributed by atoms with Gasteiger partial charge in [-0.2, -0.15) is 5.10 Å². The zero-order valence-corrected chi connectivity index (χ0v) is 18.7. The van der Waals surface area contributed by atoms with Gasteiger partial charge < -0.3 is 4.74 Å². The second-order valence-corrected chi connectivity index (χ2v) is 8.43. The van der Waals surface area contributed by atoms with E-state index in [0.717, 1.165) is 0 Å². The van der Waals surface area contributed by atoms with Gasteiger partial charge in [-0.3, -0.25) is 9.69 Å². The topological polar surface area (TPSA) is 62.2 Å². The van der Waals surface area contributed by atoms with E-state index in [1.165, 1.54) is 12.1 Å². The third-order valence-corrected chi connectivity index (χ3v) is 5.51. The normalized spacial score (nSPS) is 18.4. The van der Waals surface area contributed by atoms with Crippen LogP contribution in [0.3, 0.4) is 0 Å². The van der Waals surface area contributed by atoms with Crippen molar-refractivity contribution in [2.24, 2.45) is 10.5 Å². The maximum atomic E-state index is 13.4. The number of carbonyl (C=O) groups is 2. The van der Waals surface area contributed by atoms with Crippen LogP contribution in [0.2, 0.25) is 10.0 Å². The molecule has 2 aromatic rings. The second-order valence-electron chi connectivity index (χ2n) is 7.56. The monoisotopic (exact) mass is 447 g/mol. The summed E-state index contributed by atoms with van der Waals surface area (Å²) in [7, 11) is 1.33. The number of hydrogen-bond donors (Lipinski definition) is 0. The number of urea groups is 1. The Kier molecular flexibility index (Phi) is 6.38. The van der Waals surface area contributed by atoms with Crippen molar-refractivity contribution in [3.8, 4) is 0 Å². The van der Waals surface area contributed by atoms with Crippen molar-refractivity contribution in [1.29, 1.82) is 0 Å². The van der Waals surface area contributed by atoms with E-state index in [2.05, 4.69) is 5.10 Å². The highest BCUT2D eigenvalue weighted by molar-refractivity contribution is 6.31. The standard InChI is InChI=1S/C22H23Cl2N3O3/c1-14(2)27(18-11-9-17(24)10-12-18)21(29)26-13-22(3,20(28)30-4)19(25-26)15-5-7-16(23)8-6-15/h5-12,14H,13H2,1-4H3. The van der Waals surface area contributed by atoms with Gasteiger partial charge in [0, 0.05) is 21.8 Å². The van der Waals surface area contributed by atoms with E-state index < -0.39 is 11.4 Å². The Hall–Kier alpha value is -2.57. The van der Waals surface area contributed by atoms with Crippen molar-refractivity contribution >= 4 is 46.6 Å². The first kappa shape index (κ1) is 22.1. The summed E-state index contributed by atoms with van der Waals surface area (Å²) in [5, 5.41) is 7.01. The summed E-state index contributed by atoms with van der Waals surface area (Å²) in [6.45, 7) is 5.60. The molecule has 0 spiro atoms. The Morgan fingerprint density at radius 2 is 1.60 bits per heavy atom. The van der Waals surface area contributed by atoms with Gasteiger partial charge >= 0.3 is 12.0 Å². The van der Waals surface area contributed by atoms with E-state index >= 15 is 0 Å². The van der Waals surface area contributed by atoms with Crippen molar-refractivity contribution in [2.45, 2.75) is 26.8 Å². The molecule has 0 aromatic heterocycles. The average Bonchev–Trinajstić information content (AvgIpc) is 3.08. The van der Waals surface area contributed by atoms with Crippen molar-refractivity contribution in [3.63, 3.8) is 0 Å². The van der Waals surface area contributed by atoms with Crippen LogP contribution in [0.25, 0.3) is 0 Å². The number of carbonyl (C=O) groups excluding carboxylic acids is 2. The van der Waals surface area contributed by atoms with Crippen LogP contribution in [0.1, 0.15) is 26.3 Å². The van der Waals surface area contributed by atoms with Gasteiger partial charge in [0.25, 0.3) is 0 Å². The van der Waals surface area contributed by atoms with Crippen LogP contribution < -0.4 is 4.90 Å². The molecule has 30 heavy (non-hydrogen) atoms. The summed E-state index contributed by atoms with van der Waals surface area (Å²) < 4.78 is 5.03. The first-order valence-corrected chi connectivity index (χ1v) is 10.2. The number of hydrazone groups is 1. The summed E-state index contributed by atoms with van der Waals surface area (Å²) in [4.78, 5) is 27.7. The zero-order valence-electron chi connectivity index (χ0n) is 17.2. The summed E-state index contributed by atoms with van der Waals surface area (Å²) in [6.07, 6.45) is 0. The number of hydrogen-bond acceptors (Lipinski definition) is 4. The SMILES string of the molecule is COC(=O)C1(C)CN(C(=O)N(c2ccc(Cl)cc2)C(C)C)N=C1c1ccc(Cl)cc1. The number of ether oxygens (including phenoxy) is 1. The van der Waals surface area contributed by atoms with Crippen molar-refractivity contribution in [1.82, 2.24) is 5.01 Å². The molecule has 1 aliphatic rings. The molecular weight excluding hydrogens is 425 g/mol. The summed E-state index contributed by atoms with van der Waals surface area (Å²) in [6, 6.07) is 13.5. The predicted molar refractivity (Wildman–Crippen MR) is 119 cm³/mol. The molecule has 158 valence electrons. The molecule has 8 heteroatoms. The third kappa shape index (κ3) is 4.16. The minimum atomic E-state index is -1.11. The Morgan fingerprint density at radius 1 is 1.07 bits per heavy atom. The fourth-order valence-corrected chi connectivity index (χ4v) is 3.73. The van der Waals surface area contributed by atoms with E-state index in [-0.39, 0.29) is 18.6 Å². The van der Waals surface area contributed by atoms with Gasteiger partial charge in [0.15, 0.2) is 0 Å². The lowest BCUT2D eigenvalue weighted by molar-refractivity contribution is -0.147. The van der Waals surface area contributed by atoms with Crippen molar-refractivity contribution in [2.75, 3.05) is 18.6 Å². The summed E-state index contributed by atoms with van der Waals surface area (Å²) in [5.41, 5.74) is 0.736. The fourth-order valence-electron chi connectivity index (χ4n) is 3.48. The Bertz CT molecular complexity index is 974. The van der Waals surface area contributed by atoms with Gasteiger partial charge in [0.1, 0.15) is 5.41 Å².